The van der Waals surface area contributed by atoms with E-state index in [-0.39, 0.29) is 0 Å². The smallest absolute Gasteiger partial charge is 0.231 e. The topological polar surface area (TPSA) is 85.8 Å². The van der Waals surface area contributed by atoms with Gasteiger partial charge in [0.2, 0.25) is 5.89 Å². The molecule has 112 valence electrons. The second-order valence-electron chi connectivity index (χ2n) is 6.02. The molecule has 1 aliphatic carbocycles. The zero-order chi connectivity index (χ0) is 14.2. The summed E-state index contributed by atoms with van der Waals surface area (Å²) >= 11 is 0. The van der Waals surface area contributed by atoms with Gasteiger partial charge in [-0.05, 0) is 49.6 Å². The van der Waals surface area contributed by atoms with E-state index in [9.17, 15) is 0 Å². The second kappa shape index (κ2) is 5.18. The Balaban J connectivity index is 1.44. The average Bonchev–Trinajstić information content (AvgIpc) is 3.08. The summed E-state index contributed by atoms with van der Waals surface area (Å²) in [5.41, 5.74) is 0. The number of tetrazole rings is 1. The van der Waals surface area contributed by atoms with Crippen molar-refractivity contribution in [2.45, 2.75) is 51.1 Å². The van der Waals surface area contributed by atoms with Crippen molar-refractivity contribution >= 4 is 0 Å². The molecule has 2 aliphatic rings. The van der Waals surface area contributed by atoms with Gasteiger partial charge in [0, 0.05) is 6.54 Å². The molecule has 1 unspecified atom stereocenters. The highest BCUT2D eigenvalue weighted by Crippen LogP contribution is 2.35. The van der Waals surface area contributed by atoms with Gasteiger partial charge in [0.15, 0.2) is 11.6 Å². The minimum Gasteiger partial charge on any atom is -0.339 e. The molecule has 4 rings (SSSR count). The van der Waals surface area contributed by atoms with Crippen LogP contribution in [0.1, 0.15) is 55.2 Å². The number of aryl methyl sites for hydroxylation is 1. The van der Waals surface area contributed by atoms with Gasteiger partial charge in [-0.25, -0.2) is 4.68 Å². The lowest BCUT2D eigenvalue weighted by molar-refractivity contribution is 0.174. The lowest BCUT2D eigenvalue weighted by atomic mass is 9.98. The Morgan fingerprint density at radius 1 is 1.29 bits per heavy atom. The average molecular weight is 289 g/mol. The summed E-state index contributed by atoms with van der Waals surface area (Å²) in [6.07, 6.45) is 4.63. The molecule has 1 saturated heterocycles. The molecular formula is C13H19N7O. The van der Waals surface area contributed by atoms with Gasteiger partial charge >= 0.3 is 0 Å². The van der Waals surface area contributed by atoms with Crippen molar-refractivity contribution in [3.8, 4) is 0 Å². The summed E-state index contributed by atoms with van der Waals surface area (Å²) < 4.78 is 7.31. The fourth-order valence-electron chi connectivity index (χ4n) is 3.00. The molecule has 0 bridgehead atoms. The van der Waals surface area contributed by atoms with E-state index in [1.54, 1.807) is 0 Å². The summed E-state index contributed by atoms with van der Waals surface area (Å²) in [5.74, 6) is 2.77. The fraction of sp³-hybridized carbons (Fsp3) is 0.769. The molecule has 1 aliphatic heterocycles. The predicted molar refractivity (Wildman–Crippen MR) is 72.4 cm³/mol. The lowest BCUT2D eigenvalue weighted by Crippen LogP contribution is -2.35. The normalized spacial score (nSPS) is 23.6. The van der Waals surface area contributed by atoms with E-state index in [2.05, 4.69) is 30.6 Å². The van der Waals surface area contributed by atoms with Gasteiger partial charge in [0.05, 0.1) is 18.5 Å². The first-order valence-corrected chi connectivity index (χ1v) is 7.59. The van der Waals surface area contributed by atoms with Crippen molar-refractivity contribution in [3.63, 3.8) is 0 Å². The maximum Gasteiger partial charge on any atom is 0.231 e. The highest BCUT2D eigenvalue weighted by Gasteiger charge is 2.30. The predicted octanol–water partition coefficient (Wildman–Crippen LogP) is 1.08. The van der Waals surface area contributed by atoms with Crippen LogP contribution in [0.15, 0.2) is 4.52 Å². The van der Waals surface area contributed by atoms with E-state index in [0.29, 0.717) is 17.8 Å². The minimum absolute atomic E-state index is 0.324. The molecule has 21 heavy (non-hydrogen) atoms. The van der Waals surface area contributed by atoms with Crippen molar-refractivity contribution in [1.82, 2.24) is 35.2 Å². The van der Waals surface area contributed by atoms with Crippen LogP contribution in [0.4, 0.5) is 0 Å². The molecule has 0 radical (unpaired) electrons. The highest BCUT2D eigenvalue weighted by atomic mass is 16.5. The standard InChI is InChI=1S/C13H19N7O/c1-9-14-13(21-16-9)10-3-2-6-19(7-10)8-12-15-17-18-20(12)11-4-5-11/h10-11H,2-8H2,1H3. The second-order valence-corrected chi connectivity index (χ2v) is 6.02. The number of rotatable bonds is 4. The first-order chi connectivity index (χ1) is 10.3. The van der Waals surface area contributed by atoms with Crippen molar-refractivity contribution in [3.05, 3.63) is 17.5 Å². The molecule has 2 aromatic rings. The SMILES string of the molecule is Cc1noc(C2CCCN(Cc3nnnn3C3CC3)C2)n1. The molecule has 3 heterocycles. The molecular weight excluding hydrogens is 270 g/mol. The summed E-state index contributed by atoms with van der Waals surface area (Å²) in [6.45, 7) is 4.66. The van der Waals surface area contributed by atoms with Crippen LogP contribution >= 0.6 is 0 Å². The van der Waals surface area contributed by atoms with Crippen molar-refractivity contribution in [2.24, 2.45) is 0 Å². The molecule has 1 saturated carbocycles. The summed E-state index contributed by atoms with van der Waals surface area (Å²) in [7, 11) is 0. The third kappa shape index (κ3) is 2.67. The van der Waals surface area contributed by atoms with Crippen LogP contribution in [0.3, 0.4) is 0 Å². The zero-order valence-electron chi connectivity index (χ0n) is 12.1. The van der Waals surface area contributed by atoms with Crippen molar-refractivity contribution < 1.29 is 4.52 Å². The number of aromatic nitrogens is 6. The Kier molecular flexibility index (Phi) is 3.17. The Morgan fingerprint density at radius 2 is 2.19 bits per heavy atom. The van der Waals surface area contributed by atoms with E-state index in [1.807, 2.05) is 11.6 Å². The van der Waals surface area contributed by atoms with Gasteiger partial charge < -0.3 is 4.52 Å². The molecule has 0 spiro atoms. The van der Waals surface area contributed by atoms with Crippen molar-refractivity contribution in [1.29, 1.82) is 0 Å². The molecule has 0 aromatic carbocycles. The Hall–Kier alpha value is -1.83. The summed E-state index contributed by atoms with van der Waals surface area (Å²) in [5, 5.41) is 16.0. The summed E-state index contributed by atoms with van der Waals surface area (Å²) in [4.78, 5) is 6.76. The third-order valence-corrected chi connectivity index (χ3v) is 4.22. The van der Waals surface area contributed by atoms with Crippen LogP contribution in [-0.4, -0.2) is 48.3 Å². The molecule has 2 fully saturated rings. The minimum atomic E-state index is 0.324. The van der Waals surface area contributed by atoms with Gasteiger partial charge in [-0.2, -0.15) is 4.98 Å². The van der Waals surface area contributed by atoms with Crippen LogP contribution in [0, 0.1) is 6.92 Å². The molecule has 1 atom stereocenters. The summed E-state index contributed by atoms with van der Waals surface area (Å²) in [6, 6.07) is 0.522. The largest absolute Gasteiger partial charge is 0.339 e. The van der Waals surface area contributed by atoms with E-state index >= 15 is 0 Å². The van der Waals surface area contributed by atoms with Gasteiger partial charge in [0.25, 0.3) is 0 Å². The van der Waals surface area contributed by atoms with Crippen LogP contribution in [-0.2, 0) is 6.54 Å². The number of likely N-dealkylation sites (tertiary alicyclic amines) is 1. The number of hydrogen-bond acceptors (Lipinski definition) is 7. The maximum absolute atomic E-state index is 5.33. The van der Waals surface area contributed by atoms with E-state index in [1.165, 1.54) is 12.8 Å². The Bertz CT molecular complexity index is 618. The molecule has 0 N–H and O–H groups in total. The Labute approximate surface area is 122 Å². The van der Waals surface area contributed by atoms with Crippen LogP contribution in [0.5, 0.6) is 0 Å². The fourth-order valence-corrected chi connectivity index (χ4v) is 3.00. The third-order valence-electron chi connectivity index (χ3n) is 4.22. The first kappa shape index (κ1) is 12.9. The lowest BCUT2D eigenvalue weighted by Gasteiger charge is -2.30. The molecule has 0 amide bonds. The van der Waals surface area contributed by atoms with Gasteiger partial charge in [-0.3, -0.25) is 4.90 Å². The molecule has 8 nitrogen and oxygen atoms in total. The van der Waals surface area contributed by atoms with Crippen LogP contribution in [0.25, 0.3) is 0 Å². The van der Waals surface area contributed by atoms with Crippen molar-refractivity contribution in [2.75, 3.05) is 13.1 Å². The van der Waals surface area contributed by atoms with E-state index < -0.39 is 0 Å². The van der Waals surface area contributed by atoms with Gasteiger partial charge in [-0.15, -0.1) is 5.10 Å². The van der Waals surface area contributed by atoms with Gasteiger partial charge in [-0.1, -0.05) is 5.16 Å². The first-order valence-electron chi connectivity index (χ1n) is 7.59. The maximum atomic E-state index is 5.33. The molecule has 8 heteroatoms. The van der Waals surface area contributed by atoms with E-state index in [0.717, 1.165) is 44.2 Å². The molecule has 2 aromatic heterocycles. The number of piperidine rings is 1. The van der Waals surface area contributed by atoms with Gasteiger partial charge in [0.1, 0.15) is 0 Å². The van der Waals surface area contributed by atoms with Crippen LogP contribution in [0.2, 0.25) is 0 Å². The number of hydrogen-bond donors (Lipinski definition) is 0. The zero-order valence-corrected chi connectivity index (χ0v) is 12.1. The quantitative estimate of drug-likeness (QED) is 0.832. The van der Waals surface area contributed by atoms with E-state index in [4.69, 9.17) is 4.52 Å². The number of nitrogens with zero attached hydrogens (tertiary/aromatic N) is 7. The van der Waals surface area contributed by atoms with Crippen LogP contribution < -0.4 is 0 Å². The Morgan fingerprint density at radius 3 is 2.95 bits per heavy atom. The monoisotopic (exact) mass is 289 g/mol. The highest BCUT2D eigenvalue weighted by molar-refractivity contribution is 4.98.